The number of aromatic nitrogens is 4. The fourth-order valence-corrected chi connectivity index (χ4v) is 2.27. The molecule has 1 N–H and O–H groups in total. The van der Waals surface area contributed by atoms with Crippen molar-refractivity contribution in [3.63, 3.8) is 0 Å². The number of nitrogens with zero attached hydrogens (tertiary/aromatic N) is 5. The van der Waals surface area contributed by atoms with Gasteiger partial charge in [-0.1, -0.05) is 30.3 Å². The topological polar surface area (TPSA) is 116 Å². The molecule has 0 saturated carbocycles. The number of aryl methyl sites for hydroxylation is 1. The predicted molar refractivity (Wildman–Crippen MR) is 89.7 cm³/mol. The molecule has 9 heteroatoms. The molecule has 1 aromatic heterocycles. The van der Waals surface area contributed by atoms with Crippen molar-refractivity contribution in [2.24, 2.45) is 0 Å². The van der Waals surface area contributed by atoms with Crippen LogP contribution >= 0.6 is 0 Å². The van der Waals surface area contributed by atoms with E-state index in [9.17, 15) is 14.9 Å². The Labute approximate surface area is 142 Å². The highest BCUT2D eigenvalue weighted by Crippen LogP contribution is 2.18. The third-order valence-electron chi connectivity index (χ3n) is 3.46. The van der Waals surface area contributed by atoms with Gasteiger partial charge in [0.2, 0.25) is 11.7 Å². The van der Waals surface area contributed by atoms with E-state index in [0.29, 0.717) is 11.5 Å². The van der Waals surface area contributed by atoms with Gasteiger partial charge in [-0.2, -0.15) is 4.80 Å². The van der Waals surface area contributed by atoms with Gasteiger partial charge in [0, 0.05) is 23.4 Å². The molecule has 0 radical (unpaired) electrons. The molecule has 0 unspecified atom stereocenters. The number of nitrogens with one attached hydrogen (secondary N) is 1. The minimum atomic E-state index is -0.525. The Morgan fingerprint density at radius 3 is 2.80 bits per heavy atom. The van der Waals surface area contributed by atoms with Crippen LogP contribution in [-0.2, 0) is 11.3 Å². The summed E-state index contributed by atoms with van der Waals surface area (Å²) in [5.41, 5.74) is 2.08. The highest BCUT2D eigenvalue weighted by atomic mass is 16.6. The maximum Gasteiger partial charge on any atom is 0.271 e. The number of tetrazole rings is 1. The van der Waals surface area contributed by atoms with Crippen LogP contribution in [0.3, 0.4) is 0 Å². The molecule has 0 aliphatic heterocycles. The minimum absolute atomic E-state index is 0.0986. The van der Waals surface area contributed by atoms with E-state index in [1.54, 1.807) is 6.07 Å². The molecule has 0 aliphatic carbocycles. The molecule has 0 saturated heterocycles. The van der Waals surface area contributed by atoms with E-state index in [1.165, 1.54) is 23.0 Å². The van der Waals surface area contributed by atoms with Gasteiger partial charge in [-0.15, -0.1) is 10.2 Å². The third-order valence-corrected chi connectivity index (χ3v) is 3.46. The number of carbonyl (C=O) groups is 1. The van der Waals surface area contributed by atoms with Crippen molar-refractivity contribution in [3.8, 4) is 11.4 Å². The number of benzene rings is 2. The van der Waals surface area contributed by atoms with Gasteiger partial charge in [0.05, 0.1) is 4.92 Å². The molecule has 0 atom stereocenters. The van der Waals surface area contributed by atoms with Crippen LogP contribution in [0.2, 0.25) is 0 Å². The Hall–Kier alpha value is -3.62. The third kappa shape index (κ3) is 3.83. The van der Waals surface area contributed by atoms with Crippen LogP contribution < -0.4 is 5.32 Å². The van der Waals surface area contributed by atoms with Crippen LogP contribution in [0.4, 0.5) is 11.4 Å². The van der Waals surface area contributed by atoms with Crippen LogP contribution in [0.1, 0.15) is 5.56 Å². The first-order valence-corrected chi connectivity index (χ1v) is 7.41. The molecule has 9 nitrogen and oxygen atoms in total. The number of rotatable bonds is 5. The lowest BCUT2D eigenvalue weighted by atomic mass is 10.1. The van der Waals surface area contributed by atoms with Crippen LogP contribution in [0.25, 0.3) is 11.4 Å². The molecule has 0 spiro atoms. The molecule has 2 aromatic carbocycles. The summed E-state index contributed by atoms with van der Waals surface area (Å²) in [6.07, 6.45) is 0. The first-order chi connectivity index (χ1) is 12.0. The summed E-state index contributed by atoms with van der Waals surface area (Å²) in [5.74, 6) is 0.0236. The molecule has 3 rings (SSSR count). The molecule has 0 aliphatic rings. The largest absolute Gasteiger partial charge is 0.324 e. The van der Waals surface area contributed by atoms with E-state index >= 15 is 0 Å². The van der Waals surface area contributed by atoms with E-state index in [4.69, 9.17) is 0 Å². The Bertz CT molecular complexity index is 937. The van der Waals surface area contributed by atoms with Gasteiger partial charge in [-0.25, -0.2) is 0 Å². The number of non-ortho nitro benzene ring substituents is 1. The normalized spacial score (nSPS) is 10.4. The average Bonchev–Trinajstić information content (AvgIpc) is 3.03. The smallest absolute Gasteiger partial charge is 0.271 e. The van der Waals surface area contributed by atoms with Crippen LogP contribution in [0, 0.1) is 17.0 Å². The number of hydrogen-bond donors (Lipinski definition) is 1. The SMILES string of the molecule is Cc1ccccc1-c1nnn(CC(=O)Nc2cccc([N+](=O)[O-])c2)n1. The number of carbonyl (C=O) groups excluding carboxylic acids is 1. The molecule has 126 valence electrons. The van der Waals surface area contributed by atoms with Gasteiger partial charge in [0.1, 0.15) is 6.54 Å². The zero-order chi connectivity index (χ0) is 17.8. The Kier molecular flexibility index (Phi) is 4.46. The molecule has 25 heavy (non-hydrogen) atoms. The lowest BCUT2D eigenvalue weighted by Gasteiger charge is -2.04. The number of nitro groups is 1. The zero-order valence-corrected chi connectivity index (χ0v) is 13.3. The Morgan fingerprint density at radius 2 is 2.04 bits per heavy atom. The van der Waals surface area contributed by atoms with E-state index in [-0.39, 0.29) is 12.2 Å². The lowest BCUT2D eigenvalue weighted by Crippen LogP contribution is -2.20. The van der Waals surface area contributed by atoms with Gasteiger partial charge in [-0.3, -0.25) is 14.9 Å². The first kappa shape index (κ1) is 16.2. The summed E-state index contributed by atoms with van der Waals surface area (Å²) in [6, 6.07) is 13.3. The molecule has 1 amide bonds. The minimum Gasteiger partial charge on any atom is -0.324 e. The summed E-state index contributed by atoms with van der Waals surface area (Å²) >= 11 is 0. The second-order valence-electron chi connectivity index (χ2n) is 5.31. The van der Waals surface area contributed by atoms with Crippen LogP contribution in [0.5, 0.6) is 0 Å². The van der Waals surface area contributed by atoms with E-state index in [1.807, 2.05) is 31.2 Å². The van der Waals surface area contributed by atoms with Crippen molar-refractivity contribution >= 4 is 17.3 Å². The van der Waals surface area contributed by atoms with Crippen molar-refractivity contribution in [2.45, 2.75) is 13.5 Å². The summed E-state index contributed by atoms with van der Waals surface area (Å²) < 4.78 is 0. The van der Waals surface area contributed by atoms with E-state index in [2.05, 4.69) is 20.7 Å². The van der Waals surface area contributed by atoms with E-state index < -0.39 is 10.8 Å². The fourth-order valence-electron chi connectivity index (χ4n) is 2.27. The standard InChI is InChI=1S/C16H14N6O3/c1-11-5-2-3-8-14(11)16-18-20-21(19-16)10-15(23)17-12-6-4-7-13(9-12)22(24)25/h2-9H,10H2,1H3,(H,17,23). The fraction of sp³-hybridized carbons (Fsp3) is 0.125. The quantitative estimate of drug-likeness (QED) is 0.563. The van der Waals surface area contributed by atoms with E-state index in [0.717, 1.165) is 11.1 Å². The van der Waals surface area contributed by atoms with Crippen LogP contribution in [-0.4, -0.2) is 31.0 Å². The van der Waals surface area contributed by atoms with Crippen molar-refractivity contribution in [3.05, 3.63) is 64.2 Å². The van der Waals surface area contributed by atoms with Crippen LogP contribution in [0.15, 0.2) is 48.5 Å². The van der Waals surface area contributed by atoms with Crippen molar-refractivity contribution in [1.82, 2.24) is 20.2 Å². The van der Waals surface area contributed by atoms with Crippen molar-refractivity contribution in [1.29, 1.82) is 0 Å². The number of hydrogen-bond acceptors (Lipinski definition) is 6. The maximum atomic E-state index is 12.1. The maximum absolute atomic E-state index is 12.1. The van der Waals surface area contributed by atoms with Crippen molar-refractivity contribution in [2.75, 3.05) is 5.32 Å². The summed E-state index contributed by atoms with van der Waals surface area (Å²) in [7, 11) is 0. The number of anilines is 1. The molecular weight excluding hydrogens is 324 g/mol. The second kappa shape index (κ2) is 6.87. The highest BCUT2D eigenvalue weighted by Gasteiger charge is 2.12. The molecule has 0 fully saturated rings. The van der Waals surface area contributed by atoms with Gasteiger partial charge >= 0.3 is 0 Å². The average molecular weight is 338 g/mol. The highest BCUT2D eigenvalue weighted by molar-refractivity contribution is 5.90. The van der Waals surface area contributed by atoms with Gasteiger partial charge in [0.15, 0.2) is 0 Å². The monoisotopic (exact) mass is 338 g/mol. The summed E-state index contributed by atoms with van der Waals surface area (Å²) in [6.45, 7) is 1.78. The van der Waals surface area contributed by atoms with Gasteiger partial charge < -0.3 is 5.32 Å². The molecular formula is C16H14N6O3. The first-order valence-electron chi connectivity index (χ1n) is 7.41. The predicted octanol–water partition coefficient (Wildman–Crippen LogP) is 2.20. The number of nitro benzene ring substituents is 1. The lowest BCUT2D eigenvalue weighted by molar-refractivity contribution is -0.384. The summed E-state index contributed by atoms with van der Waals surface area (Å²) in [5, 5.41) is 25.3. The Balaban J connectivity index is 1.69. The number of amides is 1. The van der Waals surface area contributed by atoms with Gasteiger partial charge in [0.25, 0.3) is 5.69 Å². The second-order valence-corrected chi connectivity index (χ2v) is 5.31. The molecule has 1 heterocycles. The molecule has 3 aromatic rings. The van der Waals surface area contributed by atoms with Gasteiger partial charge in [-0.05, 0) is 23.8 Å². The summed E-state index contributed by atoms with van der Waals surface area (Å²) in [4.78, 5) is 23.5. The van der Waals surface area contributed by atoms with Crippen molar-refractivity contribution < 1.29 is 9.72 Å². The Morgan fingerprint density at radius 1 is 1.24 bits per heavy atom. The molecule has 0 bridgehead atoms. The zero-order valence-electron chi connectivity index (χ0n) is 13.3.